The van der Waals surface area contributed by atoms with Crippen LogP contribution in [-0.2, 0) is 0 Å². The minimum Gasteiger partial charge on any atom is -0.309 e. The maximum absolute atomic E-state index is 7.31. The minimum absolute atomic E-state index is 0.518. The highest BCUT2D eigenvalue weighted by atomic mass is 15.1. The van der Waals surface area contributed by atoms with Crippen LogP contribution in [0, 0.1) is 0 Å². The third-order valence-electron chi connectivity index (χ3n) is 2.59. The molecule has 0 aliphatic carbocycles. The van der Waals surface area contributed by atoms with Crippen molar-refractivity contribution in [2.75, 3.05) is 67.5 Å². The monoisotopic (exact) mass is 229 g/mol. The van der Waals surface area contributed by atoms with E-state index in [4.69, 9.17) is 5.73 Å². The zero-order valence-electron chi connectivity index (χ0n) is 11.5. The van der Waals surface area contributed by atoms with Gasteiger partial charge < -0.3 is 14.7 Å². The first-order chi connectivity index (χ1) is 7.56. The van der Waals surface area contributed by atoms with Crippen LogP contribution in [0.2, 0.25) is 0 Å². The number of rotatable bonds is 10. The summed E-state index contributed by atoms with van der Waals surface area (Å²) in [4.78, 5) is 6.86. The second kappa shape index (κ2) is 10.0. The van der Waals surface area contributed by atoms with Gasteiger partial charge in [-0.25, -0.2) is 0 Å². The number of nitrogens with one attached hydrogen (secondary N) is 1. The summed E-state index contributed by atoms with van der Waals surface area (Å²) in [5.41, 5.74) is 7.31. The summed E-state index contributed by atoms with van der Waals surface area (Å²) >= 11 is 0. The van der Waals surface area contributed by atoms with Gasteiger partial charge in [-0.05, 0) is 67.2 Å². The van der Waals surface area contributed by atoms with Crippen LogP contribution in [0.3, 0.4) is 0 Å². The van der Waals surface area contributed by atoms with Crippen LogP contribution in [0.15, 0.2) is 0 Å². The van der Waals surface area contributed by atoms with Crippen molar-refractivity contribution in [3.05, 3.63) is 0 Å². The molecular formula is C12H29N4. The summed E-state index contributed by atoms with van der Waals surface area (Å²) in [5.74, 6) is 0. The van der Waals surface area contributed by atoms with Crippen LogP contribution in [0.25, 0.3) is 0 Å². The Bertz CT molecular complexity index is 134. The fourth-order valence-electron chi connectivity index (χ4n) is 1.71. The summed E-state index contributed by atoms with van der Waals surface area (Å²) in [7, 11) is 8.45. The molecule has 0 bridgehead atoms. The molecule has 1 N–H and O–H groups in total. The maximum Gasteiger partial charge on any atom is 0.0228 e. The van der Waals surface area contributed by atoms with E-state index in [2.05, 4.69) is 42.9 Å². The highest BCUT2D eigenvalue weighted by Crippen LogP contribution is 1.95. The number of nitrogens with zero attached hydrogens (tertiary/aromatic N) is 3. The van der Waals surface area contributed by atoms with Crippen LogP contribution >= 0.6 is 0 Å². The Morgan fingerprint density at radius 2 is 1.12 bits per heavy atom. The van der Waals surface area contributed by atoms with Crippen molar-refractivity contribution in [3.8, 4) is 0 Å². The smallest absolute Gasteiger partial charge is 0.0228 e. The predicted octanol–water partition coefficient (Wildman–Crippen LogP) is 0.475. The molecule has 0 atom stereocenters. The molecule has 0 spiro atoms. The normalized spacial score (nSPS) is 12.0. The Balaban J connectivity index is 3.61. The Labute approximate surface area is 101 Å². The van der Waals surface area contributed by atoms with Gasteiger partial charge >= 0.3 is 0 Å². The van der Waals surface area contributed by atoms with Crippen molar-refractivity contribution in [2.45, 2.75) is 12.8 Å². The van der Waals surface area contributed by atoms with E-state index >= 15 is 0 Å². The molecule has 0 saturated carbocycles. The van der Waals surface area contributed by atoms with E-state index in [1.54, 1.807) is 0 Å². The average molecular weight is 229 g/mol. The van der Waals surface area contributed by atoms with Crippen molar-refractivity contribution in [1.82, 2.24) is 20.4 Å². The summed E-state index contributed by atoms with van der Waals surface area (Å²) in [6.45, 7) is 5.98. The van der Waals surface area contributed by atoms with Gasteiger partial charge in [0.15, 0.2) is 0 Å². The molecule has 0 aliphatic heterocycles. The Morgan fingerprint density at radius 3 is 1.44 bits per heavy atom. The van der Waals surface area contributed by atoms with Gasteiger partial charge in [0, 0.05) is 13.1 Å². The molecule has 0 saturated heterocycles. The van der Waals surface area contributed by atoms with E-state index in [1.807, 2.05) is 0 Å². The maximum atomic E-state index is 7.31. The summed E-state index contributed by atoms with van der Waals surface area (Å²) < 4.78 is 0. The second-order valence-corrected chi connectivity index (χ2v) is 4.91. The van der Waals surface area contributed by atoms with E-state index in [0.717, 1.165) is 32.7 Å². The fraction of sp³-hybridized carbons (Fsp3) is 1.00. The molecule has 0 unspecified atom stereocenters. The largest absolute Gasteiger partial charge is 0.309 e. The number of hydrogen-bond donors (Lipinski definition) is 0. The van der Waals surface area contributed by atoms with E-state index in [9.17, 15) is 0 Å². The molecule has 0 amide bonds. The van der Waals surface area contributed by atoms with Crippen molar-refractivity contribution in [3.63, 3.8) is 0 Å². The first kappa shape index (κ1) is 15.8. The van der Waals surface area contributed by atoms with Gasteiger partial charge in [0.2, 0.25) is 0 Å². The van der Waals surface area contributed by atoms with Gasteiger partial charge in [0.1, 0.15) is 0 Å². The van der Waals surface area contributed by atoms with Crippen LogP contribution in [0.5, 0.6) is 0 Å². The highest BCUT2D eigenvalue weighted by molar-refractivity contribution is 4.60. The Hall–Kier alpha value is -0.160. The molecule has 0 aliphatic rings. The molecule has 4 heteroatoms. The van der Waals surface area contributed by atoms with E-state index in [0.29, 0.717) is 6.54 Å². The first-order valence-electron chi connectivity index (χ1n) is 6.22. The van der Waals surface area contributed by atoms with Gasteiger partial charge in [-0.1, -0.05) is 0 Å². The first-order valence-corrected chi connectivity index (χ1v) is 6.22. The summed E-state index contributed by atoms with van der Waals surface area (Å²) in [6, 6.07) is 0. The second-order valence-electron chi connectivity index (χ2n) is 4.91. The zero-order chi connectivity index (χ0) is 12.4. The van der Waals surface area contributed by atoms with Gasteiger partial charge in [-0.3, -0.25) is 5.73 Å². The standard InChI is InChI=1S/C12H29N4/c1-14(2)8-5-10-16(12-7-13)11-6-9-15(3)4/h13H,5-12H2,1-4H3. The van der Waals surface area contributed by atoms with E-state index in [1.165, 1.54) is 12.8 Å². The molecule has 16 heavy (non-hydrogen) atoms. The SMILES string of the molecule is CN(C)CCCN(CC[NH])CCCN(C)C. The topological polar surface area (TPSA) is 33.5 Å². The molecule has 0 aromatic carbocycles. The van der Waals surface area contributed by atoms with Gasteiger partial charge in [-0.15, -0.1) is 0 Å². The van der Waals surface area contributed by atoms with Gasteiger partial charge in [0.05, 0.1) is 0 Å². The lowest BCUT2D eigenvalue weighted by Gasteiger charge is -2.23. The van der Waals surface area contributed by atoms with Crippen LogP contribution in [0.4, 0.5) is 0 Å². The third-order valence-corrected chi connectivity index (χ3v) is 2.59. The Kier molecular flexibility index (Phi) is 9.92. The Morgan fingerprint density at radius 1 is 0.688 bits per heavy atom. The molecule has 0 heterocycles. The molecule has 4 nitrogen and oxygen atoms in total. The lowest BCUT2D eigenvalue weighted by molar-refractivity contribution is 0.245. The molecule has 0 aromatic heterocycles. The van der Waals surface area contributed by atoms with Crippen LogP contribution in [0.1, 0.15) is 12.8 Å². The lowest BCUT2D eigenvalue weighted by Crippen LogP contribution is -2.32. The molecule has 0 fully saturated rings. The average Bonchev–Trinajstić information content (AvgIpc) is 2.16. The quantitative estimate of drug-likeness (QED) is 0.546. The number of hydrogen-bond acceptors (Lipinski definition) is 3. The summed E-state index contributed by atoms with van der Waals surface area (Å²) in [6.07, 6.45) is 2.41. The van der Waals surface area contributed by atoms with E-state index in [-0.39, 0.29) is 0 Å². The van der Waals surface area contributed by atoms with Gasteiger partial charge in [-0.2, -0.15) is 0 Å². The van der Waals surface area contributed by atoms with Crippen molar-refractivity contribution in [1.29, 1.82) is 0 Å². The molecule has 1 radical (unpaired) electrons. The lowest BCUT2D eigenvalue weighted by atomic mass is 10.3. The molecule has 0 aromatic rings. The van der Waals surface area contributed by atoms with Gasteiger partial charge in [0.25, 0.3) is 0 Å². The molecular weight excluding hydrogens is 200 g/mol. The highest BCUT2D eigenvalue weighted by Gasteiger charge is 2.04. The van der Waals surface area contributed by atoms with E-state index < -0.39 is 0 Å². The minimum atomic E-state index is 0.518. The third kappa shape index (κ3) is 10.4. The zero-order valence-corrected chi connectivity index (χ0v) is 11.5. The van der Waals surface area contributed by atoms with Crippen LogP contribution in [-0.4, -0.2) is 82.2 Å². The predicted molar refractivity (Wildman–Crippen MR) is 70.7 cm³/mol. The van der Waals surface area contributed by atoms with Crippen molar-refractivity contribution in [2.24, 2.45) is 0 Å². The van der Waals surface area contributed by atoms with Crippen molar-refractivity contribution >= 4 is 0 Å². The molecule has 97 valence electrons. The van der Waals surface area contributed by atoms with Crippen LogP contribution < -0.4 is 5.73 Å². The van der Waals surface area contributed by atoms with Crippen molar-refractivity contribution < 1.29 is 0 Å². The fourth-order valence-corrected chi connectivity index (χ4v) is 1.71. The molecule has 0 rings (SSSR count). The summed E-state index contributed by atoms with van der Waals surface area (Å²) in [5, 5.41) is 0.